The number of rotatable bonds is 5. The molecule has 0 aliphatic carbocycles. The van der Waals surface area contributed by atoms with E-state index in [1.165, 1.54) is 0 Å². The minimum atomic E-state index is -0.938. The zero-order chi connectivity index (χ0) is 18.3. The number of methoxy groups -OCH3 is 1. The lowest BCUT2D eigenvalue weighted by Crippen LogP contribution is -2.45. The lowest BCUT2D eigenvalue weighted by atomic mass is 9.73. The number of carboxylic acids is 1. The normalized spacial score (nSPS) is 24.6. The van der Waals surface area contributed by atoms with Gasteiger partial charge in [0.25, 0.3) is 0 Å². The van der Waals surface area contributed by atoms with Crippen molar-refractivity contribution in [2.45, 2.75) is 25.9 Å². The van der Waals surface area contributed by atoms with Crippen LogP contribution in [-0.4, -0.2) is 52.6 Å². The lowest BCUT2D eigenvalue weighted by Gasteiger charge is -2.36. The van der Waals surface area contributed by atoms with Crippen LogP contribution in [0, 0.1) is 5.41 Å². The van der Waals surface area contributed by atoms with E-state index in [9.17, 15) is 9.90 Å². The van der Waals surface area contributed by atoms with Gasteiger partial charge in [-0.1, -0.05) is 12.1 Å². The van der Waals surface area contributed by atoms with Crippen molar-refractivity contribution >= 4 is 5.97 Å². The van der Waals surface area contributed by atoms with Crippen LogP contribution in [0.4, 0.5) is 0 Å². The highest BCUT2D eigenvalue weighted by Crippen LogP contribution is 2.52. The Bertz CT molecular complexity index is 834. The number of hydrogen-bond donors (Lipinski definition) is 1. The van der Waals surface area contributed by atoms with Crippen molar-refractivity contribution in [2.75, 3.05) is 26.8 Å². The van der Waals surface area contributed by atoms with Gasteiger partial charge >= 0.3 is 5.97 Å². The molecular formula is C19H23N3O4. The summed E-state index contributed by atoms with van der Waals surface area (Å²) in [4.78, 5) is 14.4. The maximum absolute atomic E-state index is 12.2. The van der Waals surface area contributed by atoms with Gasteiger partial charge < -0.3 is 14.6 Å². The molecule has 2 aliphatic heterocycles. The third kappa shape index (κ3) is 2.54. The number of ether oxygens (including phenoxy) is 2. The fourth-order valence-corrected chi connectivity index (χ4v) is 4.16. The Morgan fingerprint density at radius 1 is 1.46 bits per heavy atom. The van der Waals surface area contributed by atoms with Gasteiger partial charge in [0.1, 0.15) is 12.0 Å². The fourth-order valence-electron chi connectivity index (χ4n) is 4.16. The Morgan fingerprint density at radius 2 is 2.31 bits per heavy atom. The molecule has 26 heavy (non-hydrogen) atoms. The van der Waals surface area contributed by atoms with Crippen LogP contribution >= 0.6 is 0 Å². The maximum atomic E-state index is 12.2. The minimum Gasteiger partial charge on any atom is -0.493 e. The summed E-state index contributed by atoms with van der Waals surface area (Å²) in [5.41, 5.74) is 0.935. The summed E-state index contributed by atoms with van der Waals surface area (Å²) in [5.74, 6) is 0.389. The number of nitrogens with zero attached hydrogens (tertiary/aromatic N) is 3. The summed E-state index contributed by atoms with van der Waals surface area (Å²) in [6, 6.07) is 7.68. The van der Waals surface area contributed by atoms with Crippen molar-refractivity contribution in [2.24, 2.45) is 5.41 Å². The van der Waals surface area contributed by atoms with Crippen LogP contribution in [0.25, 0.3) is 0 Å². The zero-order valence-electron chi connectivity index (χ0n) is 15.0. The predicted octanol–water partition coefficient (Wildman–Crippen LogP) is 1.97. The number of aryl methyl sites for hydroxylation is 1. The van der Waals surface area contributed by atoms with Crippen LogP contribution in [0.2, 0.25) is 0 Å². The molecule has 2 atom stereocenters. The molecule has 1 fully saturated rings. The first kappa shape index (κ1) is 16.9. The number of benzene rings is 1. The molecule has 2 aromatic rings. The van der Waals surface area contributed by atoms with Crippen molar-refractivity contribution in [1.29, 1.82) is 0 Å². The molecule has 2 aliphatic rings. The van der Waals surface area contributed by atoms with E-state index in [4.69, 9.17) is 9.47 Å². The van der Waals surface area contributed by atoms with Crippen molar-refractivity contribution < 1.29 is 19.4 Å². The Morgan fingerprint density at radius 3 is 3.00 bits per heavy atom. The molecule has 138 valence electrons. The number of hydrogen-bond acceptors (Lipinski definition) is 5. The Hall–Kier alpha value is -2.54. The number of likely N-dealkylation sites (tertiary alicyclic amines) is 1. The SMILES string of the molecule is CCn1ccc(CN2C[C@@H]3c4cccc(OC)c4OC[C@]3(C(=O)O)C2)n1. The molecule has 0 radical (unpaired) electrons. The summed E-state index contributed by atoms with van der Waals surface area (Å²) in [5, 5.41) is 14.5. The first-order valence-corrected chi connectivity index (χ1v) is 8.85. The van der Waals surface area contributed by atoms with Crippen LogP contribution < -0.4 is 9.47 Å². The van der Waals surface area contributed by atoms with Gasteiger partial charge in [0, 0.05) is 43.9 Å². The molecule has 1 N–H and O–H groups in total. The number of fused-ring (bicyclic) bond motifs is 3. The smallest absolute Gasteiger partial charge is 0.315 e. The van der Waals surface area contributed by atoms with Gasteiger partial charge in [-0.3, -0.25) is 14.4 Å². The second kappa shape index (κ2) is 6.32. The lowest BCUT2D eigenvalue weighted by molar-refractivity contribution is -0.152. The molecule has 0 unspecified atom stereocenters. The Kier molecular flexibility index (Phi) is 4.11. The fraction of sp³-hybridized carbons (Fsp3) is 0.474. The first-order chi connectivity index (χ1) is 12.6. The molecule has 0 saturated carbocycles. The zero-order valence-corrected chi connectivity index (χ0v) is 15.0. The summed E-state index contributed by atoms with van der Waals surface area (Å²) >= 11 is 0. The number of carboxylic acid groups (broad SMARTS) is 1. The number of carbonyl (C=O) groups is 1. The van der Waals surface area contributed by atoms with Crippen LogP contribution in [-0.2, 0) is 17.9 Å². The van der Waals surface area contributed by atoms with Crippen LogP contribution in [0.5, 0.6) is 11.5 Å². The predicted molar refractivity (Wildman–Crippen MR) is 94.5 cm³/mol. The third-order valence-corrected chi connectivity index (χ3v) is 5.52. The standard InChI is InChI=1S/C19H23N3O4/c1-3-22-8-7-13(20-22)9-21-10-15-14-5-4-6-16(25-2)17(14)26-12-19(15,11-21)18(23)24/h4-8,15H,3,9-12H2,1-2H3,(H,23,24)/t15-,19-/m1/s1. The van der Waals surface area contributed by atoms with Crippen molar-refractivity contribution in [3.8, 4) is 11.5 Å². The van der Waals surface area contributed by atoms with E-state index in [-0.39, 0.29) is 12.5 Å². The average molecular weight is 357 g/mol. The summed E-state index contributed by atoms with van der Waals surface area (Å²) < 4.78 is 13.2. The molecule has 4 rings (SSSR count). The highest BCUT2D eigenvalue weighted by atomic mass is 16.5. The molecule has 1 aromatic carbocycles. The molecule has 0 bridgehead atoms. The van der Waals surface area contributed by atoms with Crippen molar-refractivity contribution in [3.63, 3.8) is 0 Å². The van der Waals surface area contributed by atoms with E-state index in [1.807, 2.05) is 42.1 Å². The summed E-state index contributed by atoms with van der Waals surface area (Å²) in [6.45, 7) is 4.76. The van der Waals surface area contributed by atoms with E-state index in [2.05, 4.69) is 10.00 Å². The van der Waals surface area contributed by atoms with Gasteiger partial charge in [0.2, 0.25) is 0 Å². The van der Waals surface area contributed by atoms with E-state index in [1.54, 1.807) is 7.11 Å². The highest BCUT2D eigenvalue weighted by Gasteiger charge is 2.56. The second-order valence-electron chi connectivity index (χ2n) is 7.01. The van der Waals surface area contributed by atoms with E-state index < -0.39 is 11.4 Å². The molecule has 0 amide bonds. The monoisotopic (exact) mass is 357 g/mol. The molecule has 7 nitrogen and oxygen atoms in total. The molecule has 3 heterocycles. The van der Waals surface area contributed by atoms with Gasteiger partial charge in [-0.15, -0.1) is 0 Å². The molecular weight excluding hydrogens is 334 g/mol. The average Bonchev–Trinajstić information content (AvgIpc) is 3.26. The van der Waals surface area contributed by atoms with E-state index in [0.29, 0.717) is 31.1 Å². The van der Waals surface area contributed by atoms with Crippen LogP contribution in [0.3, 0.4) is 0 Å². The summed E-state index contributed by atoms with van der Waals surface area (Å²) in [6.07, 6.45) is 1.95. The number of para-hydroxylation sites is 1. The highest BCUT2D eigenvalue weighted by molar-refractivity contribution is 5.78. The third-order valence-electron chi connectivity index (χ3n) is 5.52. The Labute approximate surface area is 152 Å². The van der Waals surface area contributed by atoms with Gasteiger partial charge in [-0.25, -0.2) is 0 Å². The van der Waals surface area contributed by atoms with Crippen LogP contribution in [0.15, 0.2) is 30.5 Å². The molecule has 1 saturated heterocycles. The van der Waals surface area contributed by atoms with Crippen molar-refractivity contribution in [1.82, 2.24) is 14.7 Å². The largest absolute Gasteiger partial charge is 0.493 e. The number of aromatic nitrogens is 2. The maximum Gasteiger partial charge on any atom is 0.315 e. The quantitative estimate of drug-likeness (QED) is 0.882. The Balaban J connectivity index is 1.65. The molecule has 7 heteroatoms. The van der Waals surface area contributed by atoms with Gasteiger partial charge in [-0.05, 0) is 19.1 Å². The van der Waals surface area contributed by atoms with Gasteiger partial charge in [-0.2, -0.15) is 5.10 Å². The summed E-state index contributed by atoms with van der Waals surface area (Å²) in [7, 11) is 1.60. The topological polar surface area (TPSA) is 76.8 Å². The first-order valence-electron chi connectivity index (χ1n) is 8.85. The van der Waals surface area contributed by atoms with Gasteiger partial charge in [0.05, 0.1) is 12.8 Å². The van der Waals surface area contributed by atoms with Gasteiger partial charge in [0.15, 0.2) is 11.5 Å². The van der Waals surface area contributed by atoms with E-state index in [0.717, 1.165) is 17.8 Å². The van der Waals surface area contributed by atoms with Crippen LogP contribution in [0.1, 0.15) is 24.1 Å². The molecule has 0 spiro atoms. The second-order valence-corrected chi connectivity index (χ2v) is 7.01. The minimum absolute atomic E-state index is 0.132. The molecule has 1 aromatic heterocycles. The van der Waals surface area contributed by atoms with Crippen molar-refractivity contribution in [3.05, 3.63) is 41.7 Å². The number of aliphatic carboxylic acids is 1. The van der Waals surface area contributed by atoms with E-state index >= 15 is 0 Å².